The van der Waals surface area contributed by atoms with Crippen molar-refractivity contribution in [2.45, 2.75) is 13.8 Å². The van der Waals surface area contributed by atoms with Crippen LogP contribution < -0.4 is 4.74 Å². The van der Waals surface area contributed by atoms with Gasteiger partial charge in [0.15, 0.2) is 5.78 Å². The van der Waals surface area contributed by atoms with Gasteiger partial charge in [0.25, 0.3) is 0 Å². The predicted molar refractivity (Wildman–Crippen MR) is 42.9 cm³/mol. The Morgan fingerprint density at radius 2 is 2.08 bits per heavy atom. The van der Waals surface area contributed by atoms with Crippen molar-refractivity contribution in [3.05, 3.63) is 18.0 Å². The molecule has 0 saturated carbocycles. The van der Waals surface area contributed by atoms with Gasteiger partial charge in [0.2, 0.25) is 0 Å². The first-order valence-electron chi connectivity index (χ1n) is 3.59. The lowest BCUT2D eigenvalue weighted by Crippen LogP contribution is -2.08. The van der Waals surface area contributed by atoms with Crippen LogP contribution in [0.3, 0.4) is 0 Å². The molecule has 0 aliphatic heterocycles. The number of aromatic nitrogens is 2. The van der Waals surface area contributed by atoms with Gasteiger partial charge in [0.1, 0.15) is 6.61 Å². The highest BCUT2D eigenvalue weighted by atomic mass is 16.5. The molecule has 0 bridgehead atoms. The summed E-state index contributed by atoms with van der Waals surface area (Å²) in [5.41, 5.74) is 0.963. The van der Waals surface area contributed by atoms with E-state index in [9.17, 15) is 4.79 Å². The van der Waals surface area contributed by atoms with Crippen LogP contribution in [-0.2, 0) is 4.79 Å². The van der Waals surface area contributed by atoms with Crippen molar-refractivity contribution in [1.29, 1.82) is 0 Å². The molecule has 1 heterocycles. The van der Waals surface area contributed by atoms with Gasteiger partial charge >= 0.3 is 6.01 Å². The predicted octanol–water partition coefficient (Wildman–Crippen LogP) is 0.753. The van der Waals surface area contributed by atoms with Gasteiger partial charge in [-0.3, -0.25) is 4.79 Å². The van der Waals surface area contributed by atoms with E-state index in [0.717, 1.165) is 5.56 Å². The van der Waals surface area contributed by atoms with Gasteiger partial charge in [-0.25, -0.2) is 9.97 Å². The van der Waals surface area contributed by atoms with Gasteiger partial charge < -0.3 is 4.74 Å². The van der Waals surface area contributed by atoms with E-state index in [-0.39, 0.29) is 18.4 Å². The first-order valence-corrected chi connectivity index (χ1v) is 3.59. The molecular formula is C8H10N2O2. The number of hydrogen-bond donors (Lipinski definition) is 0. The Bertz CT molecular complexity index is 269. The molecule has 0 amide bonds. The third-order valence-corrected chi connectivity index (χ3v) is 1.16. The number of rotatable bonds is 3. The van der Waals surface area contributed by atoms with E-state index in [1.807, 2.05) is 6.92 Å². The van der Waals surface area contributed by atoms with Crippen LogP contribution in [0.5, 0.6) is 6.01 Å². The van der Waals surface area contributed by atoms with Crippen molar-refractivity contribution < 1.29 is 9.53 Å². The number of ketones is 1. The van der Waals surface area contributed by atoms with Crippen LogP contribution in [0.25, 0.3) is 0 Å². The van der Waals surface area contributed by atoms with Crippen LogP contribution in [-0.4, -0.2) is 22.4 Å². The Labute approximate surface area is 70.6 Å². The number of carbonyl (C=O) groups is 1. The first kappa shape index (κ1) is 8.64. The second kappa shape index (κ2) is 3.80. The fourth-order valence-corrected chi connectivity index (χ4v) is 0.621. The summed E-state index contributed by atoms with van der Waals surface area (Å²) in [5.74, 6) is -0.0424. The Morgan fingerprint density at radius 3 is 2.58 bits per heavy atom. The summed E-state index contributed by atoms with van der Waals surface area (Å²) in [6, 6.07) is 0.246. The molecule has 64 valence electrons. The topological polar surface area (TPSA) is 52.1 Å². The van der Waals surface area contributed by atoms with Crippen molar-refractivity contribution in [3.63, 3.8) is 0 Å². The smallest absolute Gasteiger partial charge is 0.316 e. The molecule has 1 aromatic rings. The molecule has 1 rings (SSSR count). The molecule has 4 nitrogen and oxygen atoms in total. The second-order valence-corrected chi connectivity index (χ2v) is 2.53. The van der Waals surface area contributed by atoms with E-state index >= 15 is 0 Å². The third kappa shape index (κ3) is 2.65. The van der Waals surface area contributed by atoms with E-state index in [1.165, 1.54) is 6.92 Å². The zero-order valence-corrected chi connectivity index (χ0v) is 7.07. The van der Waals surface area contributed by atoms with Gasteiger partial charge in [-0.05, 0) is 19.4 Å². The van der Waals surface area contributed by atoms with Crippen molar-refractivity contribution in [1.82, 2.24) is 9.97 Å². The van der Waals surface area contributed by atoms with Crippen molar-refractivity contribution in [3.8, 4) is 6.01 Å². The van der Waals surface area contributed by atoms with E-state index in [1.54, 1.807) is 12.4 Å². The number of hydrogen-bond acceptors (Lipinski definition) is 4. The summed E-state index contributed by atoms with van der Waals surface area (Å²) in [6.45, 7) is 3.37. The average Bonchev–Trinajstić information content (AvgIpc) is 2.03. The van der Waals surface area contributed by atoms with Gasteiger partial charge in [-0.1, -0.05) is 0 Å². The normalized spacial score (nSPS) is 9.50. The molecule has 0 saturated heterocycles. The highest BCUT2D eigenvalue weighted by molar-refractivity contribution is 5.76. The maximum Gasteiger partial charge on any atom is 0.316 e. The van der Waals surface area contributed by atoms with Gasteiger partial charge in [0.05, 0.1) is 0 Å². The molecule has 0 spiro atoms. The summed E-state index contributed by atoms with van der Waals surface area (Å²) >= 11 is 0. The van der Waals surface area contributed by atoms with E-state index in [4.69, 9.17) is 4.74 Å². The van der Waals surface area contributed by atoms with Crippen molar-refractivity contribution in [2.75, 3.05) is 6.61 Å². The van der Waals surface area contributed by atoms with Crippen LogP contribution >= 0.6 is 0 Å². The zero-order chi connectivity index (χ0) is 8.97. The maximum atomic E-state index is 10.5. The van der Waals surface area contributed by atoms with Crippen LogP contribution in [0.15, 0.2) is 12.4 Å². The molecule has 0 N–H and O–H groups in total. The van der Waals surface area contributed by atoms with Gasteiger partial charge in [-0.15, -0.1) is 0 Å². The fourth-order valence-electron chi connectivity index (χ4n) is 0.621. The standard InChI is InChI=1S/C8H10N2O2/c1-6-3-9-8(10-4-6)12-5-7(2)11/h3-4H,5H2,1-2H3. The quantitative estimate of drug-likeness (QED) is 0.665. The average molecular weight is 166 g/mol. The molecule has 0 fully saturated rings. The lowest BCUT2D eigenvalue weighted by molar-refractivity contribution is -0.119. The zero-order valence-electron chi connectivity index (χ0n) is 7.07. The number of aryl methyl sites for hydroxylation is 1. The molecule has 0 aliphatic carbocycles. The summed E-state index contributed by atoms with van der Waals surface area (Å²) in [5, 5.41) is 0. The Balaban J connectivity index is 2.53. The van der Waals surface area contributed by atoms with Crippen LogP contribution in [0.1, 0.15) is 12.5 Å². The molecule has 0 atom stereocenters. The Morgan fingerprint density at radius 1 is 1.50 bits per heavy atom. The minimum atomic E-state index is -0.0424. The molecular weight excluding hydrogens is 156 g/mol. The molecule has 0 unspecified atom stereocenters. The molecule has 1 aromatic heterocycles. The molecule has 12 heavy (non-hydrogen) atoms. The summed E-state index contributed by atoms with van der Waals surface area (Å²) in [6.07, 6.45) is 3.28. The first-order chi connectivity index (χ1) is 5.68. The van der Waals surface area contributed by atoms with Crippen molar-refractivity contribution in [2.24, 2.45) is 0 Å². The van der Waals surface area contributed by atoms with E-state index < -0.39 is 0 Å². The monoisotopic (exact) mass is 166 g/mol. The lowest BCUT2D eigenvalue weighted by Gasteiger charge is -1.99. The van der Waals surface area contributed by atoms with Crippen LogP contribution in [0.4, 0.5) is 0 Å². The highest BCUT2D eigenvalue weighted by Gasteiger charge is 1.97. The van der Waals surface area contributed by atoms with Gasteiger partial charge in [-0.2, -0.15) is 0 Å². The number of Topliss-reactive ketones (excluding diaryl/α,β-unsaturated/α-hetero) is 1. The summed E-state index contributed by atoms with van der Waals surface area (Å²) in [4.78, 5) is 18.2. The number of nitrogens with zero attached hydrogens (tertiary/aromatic N) is 2. The number of carbonyl (C=O) groups excluding carboxylic acids is 1. The summed E-state index contributed by atoms with van der Waals surface area (Å²) in [7, 11) is 0. The Hall–Kier alpha value is -1.45. The molecule has 0 radical (unpaired) electrons. The highest BCUT2D eigenvalue weighted by Crippen LogP contribution is 2.00. The summed E-state index contributed by atoms with van der Waals surface area (Å²) < 4.78 is 4.95. The molecule has 0 aromatic carbocycles. The molecule has 0 aliphatic rings. The van der Waals surface area contributed by atoms with Crippen LogP contribution in [0, 0.1) is 6.92 Å². The van der Waals surface area contributed by atoms with E-state index in [2.05, 4.69) is 9.97 Å². The van der Waals surface area contributed by atoms with Crippen molar-refractivity contribution >= 4 is 5.78 Å². The van der Waals surface area contributed by atoms with Gasteiger partial charge in [0, 0.05) is 12.4 Å². The fraction of sp³-hybridized carbons (Fsp3) is 0.375. The van der Waals surface area contributed by atoms with Crippen LogP contribution in [0.2, 0.25) is 0 Å². The minimum Gasteiger partial charge on any atom is -0.455 e. The largest absolute Gasteiger partial charge is 0.455 e. The van der Waals surface area contributed by atoms with E-state index in [0.29, 0.717) is 0 Å². The second-order valence-electron chi connectivity index (χ2n) is 2.53. The Kier molecular flexibility index (Phi) is 2.74. The number of ether oxygens (including phenoxy) is 1. The minimum absolute atomic E-state index is 0.0308. The molecule has 4 heteroatoms. The maximum absolute atomic E-state index is 10.5. The third-order valence-electron chi connectivity index (χ3n) is 1.16. The lowest BCUT2D eigenvalue weighted by atomic mass is 10.4. The SMILES string of the molecule is CC(=O)COc1ncc(C)cn1.